The molecule has 2 aromatic rings. The highest BCUT2D eigenvalue weighted by atomic mass is 16.5. The van der Waals surface area contributed by atoms with Crippen molar-refractivity contribution < 1.29 is 14.4 Å². The fourth-order valence-electron chi connectivity index (χ4n) is 2.28. The lowest BCUT2D eigenvalue weighted by molar-refractivity contribution is 0.105. The molecule has 1 aromatic heterocycles. The van der Waals surface area contributed by atoms with E-state index in [4.69, 9.17) is 9.26 Å². The van der Waals surface area contributed by atoms with Crippen molar-refractivity contribution in [3.05, 3.63) is 23.9 Å². The molecule has 1 heterocycles. The Kier molecular flexibility index (Phi) is 5.80. The van der Waals surface area contributed by atoms with E-state index in [1.807, 2.05) is 32.0 Å². The van der Waals surface area contributed by atoms with Crippen LogP contribution < -0.4 is 10.1 Å². The largest absolute Gasteiger partial charge is 0.490 e. The average molecular weight is 306 g/mol. The summed E-state index contributed by atoms with van der Waals surface area (Å²) in [7, 11) is 0. The summed E-state index contributed by atoms with van der Waals surface area (Å²) in [4.78, 5) is 0. The number of aliphatic hydroxyl groups is 1. The van der Waals surface area contributed by atoms with Gasteiger partial charge in [-0.3, -0.25) is 0 Å². The molecule has 5 heteroatoms. The van der Waals surface area contributed by atoms with E-state index < -0.39 is 6.10 Å². The first-order chi connectivity index (χ1) is 10.5. The molecule has 2 rings (SSSR count). The molecule has 0 aliphatic carbocycles. The zero-order valence-electron chi connectivity index (χ0n) is 13.8. The summed E-state index contributed by atoms with van der Waals surface area (Å²) in [6.45, 7) is 9.13. The van der Waals surface area contributed by atoms with E-state index in [2.05, 4.69) is 24.3 Å². The molecular formula is C17H26N2O3. The van der Waals surface area contributed by atoms with Gasteiger partial charge in [-0.05, 0) is 24.5 Å². The molecule has 0 spiro atoms. The number of hydrogen-bond donors (Lipinski definition) is 2. The Bertz CT molecular complexity index is 593. The van der Waals surface area contributed by atoms with Gasteiger partial charge in [0.25, 0.3) is 0 Å². The number of fused-ring (bicyclic) bond motifs is 1. The van der Waals surface area contributed by atoms with Crippen LogP contribution in [-0.4, -0.2) is 35.6 Å². The Morgan fingerprint density at radius 1 is 1.27 bits per heavy atom. The monoisotopic (exact) mass is 306 g/mol. The van der Waals surface area contributed by atoms with Crippen molar-refractivity contribution in [3.8, 4) is 5.75 Å². The van der Waals surface area contributed by atoms with Gasteiger partial charge in [-0.1, -0.05) is 38.9 Å². The second-order valence-corrected chi connectivity index (χ2v) is 6.38. The first-order valence-electron chi connectivity index (χ1n) is 7.89. The molecule has 5 nitrogen and oxygen atoms in total. The smallest absolute Gasteiger partial charge is 0.170 e. The normalized spacial score (nSPS) is 13.2. The summed E-state index contributed by atoms with van der Waals surface area (Å²) in [6, 6.07) is 6.00. The minimum absolute atomic E-state index is 0.241. The standard InChI is InChI=1S/C17H26N2O3/c1-11(2)8-14-17-15(6-5-7-16(17)22-19-14)21-10-13(20)9-18-12(3)4/h5-7,11-13,18,20H,8-10H2,1-4H3. The minimum Gasteiger partial charge on any atom is -0.490 e. The van der Waals surface area contributed by atoms with Crippen LogP contribution in [0.2, 0.25) is 0 Å². The molecule has 122 valence electrons. The zero-order valence-corrected chi connectivity index (χ0v) is 13.8. The molecule has 0 saturated heterocycles. The second kappa shape index (κ2) is 7.61. The molecule has 0 amide bonds. The van der Waals surface area contributed by atoms with Gasteiger partial charge in [-0.25, -0.2) is 0 Å². The van der Waals surface area contributed by atoms with Crippen molar-refractivity contribution in [3.63, 3.8) is 0 Å². The highest BCUT2D eigenvalue weighted by Gasteiger charge is 2.15. The summed E-state index contributed by atoms with van der Waals surface area (Å²) in [6.07, 6.45) is 0.288. The third-order valence-electron chi connectivity index (χ3n) is 3.33. The predicted octanol–water partition coefficient (Wildman–Crippen LogP) is 2.76. The van der Waals surface area contributed by atoms with E-state index in [-0.39, 0.29) is 6.61 Å². The number of ether oxygens (including phenoxy) is 1. The van der Waals surface area contributed by atoms with Crippen LogP contribution in [0.25, 0.3) is 11.0 Å². The summed E-state index contributed by atoms with van der Waals surface area (Å²) in [5.74, 6) is 1.21. The lowest BCUT2D eigenvalue weighted by atomic mass is 10.0. The molecule has 0 fully saturated rings. The van der Waals surface area contributed by atoms with Crippen molar-refractivity contribution in [2.45, 2.75) is 46.3 Å². The van der Waals surface area contributed by atoms with Gasteiger partial charge in [0.1, 0.15) is 18.5 Å². The fraction of sp³-hybridized carbons (Fsp3) is 0.588. The van der Waals surface area contributed by atoms with Crippen LogP contribution in [0.3, 0.4) is 0 Å². The van der Waals surface area contributed by atoms with Gasteiger partial charge in [0.2, 0.25) is 0 Å². The Balaban J connectivity index is 2.08. The first kappa shape index (κ1) is 16.8. The number of aliphatic hydroxyl groups excluding tert-OH is 1. The van der Waals surface area contributed by atoms with Gasteiger partial charge in [-0.15, -0.1) is 0 Å². The zero-order chi connectivity index (χ0) is 16.1. The van der Waals surface area contributed by atoms with Gasteiger partial charge >= 0.3 is 0 Å². The Morgan fingerprint density at radius 2 is 2.05 bits per heavy atom. The number of nitrogens with one attached hydrogen (secondary N) is 1. The number of hydrogen-bond acceptors (Lipinski definition) is 5. The molecule has 1 aromatic carbocycles. The molecule has 0 radical (unpaired) electrons. The van der Waals surface area contributed by atoms with Gasteiger partial charge in [-0.2, -0.15) is 0 Å². The lowest BCUT2D eigenvalue weighted by Gasteiger charge is -2.15. The van der Waals surface area contributed by atoms with Gasteiger partial charge in [0.05, 0.1) is 11.1 Å². The van der Waals surface area contributed by atoms with Crippen molar-refractivity contribution in [1.29, 1.82) is 0 Å². The summed E-state index contributed by atoms with van der Waals surface area (Å²) in [5.41, 5.74) is 1.64. The van der Waals surface area contributed by atoms with E-state index in [9.17, 15) is 5.11 Å². The van der Waals surface area contributed by atoms with Crippen LogP contribution in [-0.2, 0) is 6.42 Å². The second-order valence-electron chi connectivity index (χ2n) is 6.38. The number of benzene rings is 1. The van der Waals surface area contributed by atoms with Crippen molar-refractivity contribution in [1.82, 2.24) is 10.5 Å². The third-order valence-corrected chi connectivity index (χ3v) is 3.33. The summed E-state index contributed by atoms with van der Waals surface area (Å²) >= 11 is 0. The molecule has 0 saturated carbocycles. The molecule has 22 heavy (non-hydrogen) atoms. The molecule has 0 bridgehead atoms. The van der Waals surface area contributed by atoms with Crippen LogP contribution >= 0.6 is 0 Å². The Hall–Kier alpha value is -1.59. The topological polar surface area (TPSA) is 67.5 Å². The van der Waals surface area contributed by atoms with Crippen LogP contribution in [0.1, 0.15) is 33.4 Å². The Labute approximate surface area is 131 Å². The lowest BCUT2D eigenvalue weighted by Crippen LogP contribution is -2.35. The molecule has 0 aliphatic rings. The third kappa shape index (κ3) is 4.45. The minimum atomic E-state index is -0.550. The average Bonchev–Trinajstić information content (AvgIpc) is 2.86. The summed E-state index contributed by atoms with van der Waals surface area (Å²) in [5, 5.41) is 18.2. The van der Waals surface area contributed by atoms with Crippen LogP contribution in [0.5, 0.6) is 5.75 Å². The van der Waals surface area contributed by atoms with Crippen LogP contribution in [0.4, 0.5) is 0 Å². The number of aromatic nitrogens is 1. The van der Waals surface area contributed by atoms with Crippen molar-refractivity contribution in [2.75, 3.05) is 13.2 Å². The van der Waals surface area contributed by atoms with Crippen molar-refractivity contribution in [2.24, 2.45) is 5.92 Å². The van der Waals surface area contributed by atoms with E-state index in [1.54, 1.807) is 0 Å². The number of rotatable bonds is 8. The maximum Gasteiger partial charge on any atom is 0.170 e. The van der Waals surface area contributed by atoms with E-state index in [0.29, 0.717) is 18.5 Å². The van der Waals surface area contributed by atoms with Crippen LogP contribution in [0, 0.1) is 5.92 Å². The van der Waals surface area contributed by atoms with Crippen molar-refractivity contribution >= 4 is 11.0 Å². The van der Waals surface area contributed by atoms with Gasteiger partial charge in [0.15, 0.2) is 5.58 Å². The highest BCUT2D eigenvalue weighted by Crippen LogP contribution is 2.30. The SMILES string of the molecule is CC(C)Cc1noc2cccc(OCC(O)CNC(C)C)c12. The van der Waals surface area contributed by atoms with Gasteiger partial charge < -0.3 is 19.7 Å². The first-order valence-corrected chi connectivity index (χ1v) is 7.89. The predicted molar refractivity (Wildman–Crippen MR) is 87.2 cm³/mol. The fourth-order valence-corrected chi connectivity index (χ4v) is 2.28. The van der Waals surface area contributed by atoms with E-state index in [1.165, 1.54) is 0 Å². The van der Waals surface area contributed by atoms with E-state index >= 15 is 0 Å². The maximum absolute atomic E-state index is 9.97. The molecule has 1 unspecified atom stereocenters. The highest BCUT2D eigenvalue weighted by molar-refractivity contribution is 5.86. The summed E-state index contributed by atoms with van der Waals surface area (Å²) < 4.78 is 11.2. The molecule has 0 aliphatic heterocycles. The van der Waals surface area contributed by atoms with Gasteiger partial charge in [0, 0.05) is 12.6 Å². The number of nitrogens with zero attached hydrogens (tertiary/aromatic N) is 1. The van der Waals surface area contributed by atoms with E-state index in [0.717, 1.165) is 28.8 Å². The quantitative estimate of drug-likeness (QED) is 0.785. The molecule has 1 atom stereocenters. The van der Waals surface area contributed by atoms with Crippen LogP contribution in [0.15, 0.2) is 22.7 Å². The maximum atomic E-state index is 9.97. The molecular weight excluding hydrogens is 280 g/mol. The molecule has 2 N–H and O–H groups in total. The Morgan fingerprint density at radius 3 is 2.73 bits per heavy atom.